The van der Waals surface area contributed by atoms with Crippen LogP contribution in [0.1, 0.15) is 23.3 Å². The zero-order valence-corrected chi connectivity index (χ0v) is 18.2. The molecular weight excluding hydrogens is 452 g/mol. The maximum Gasteiger partial charge on any atom is 0.257 e. The Hall–Kier alpha value is -3.99. The highest BCUT2D eigenvalue weighted by molar-refractivity contribution is 6.03. The van der Waals surface area contributed by atoms with Crippen molar-refractivity contribution in [2.24, 2.45) is 0 Å². The van der Waals surface area contributed by atoms with Crippen LogP contribution < -0.4 is 25.5 Å². The Labute approximate surface area is 191 Å². The smallest absolute Gasteiger partial charge is 0.257 e. The second kappa shape index (κ2) is 9.10. The molecule has 1 aromatic heterocycles. The van der Waals surface area contributed by atoms with Crippen LogP contribution in [-0.4, -0.2) is 47.9 Å². The minimum atomic E-state index is -1.38. The van der Waals surface area contributed by atoms with Gasteiger partial charge in [0.15, 0.2) is 11.6 Å². The number of halogens is 2. The lowest BCUT2D eigenvalue weighted by Gasteiger charge is -2.27. The fourth-order valence-electron chi connectivity index (χ4n) is 3.69. The molecule has 178 valence electrons. The molecule has 0 fully saturated rings. The molecule has 0 radical (unpaired) electrons. The van der Waals surface area contributed by atoms with Gasteiger partial charge in [-0.05, 0) is 37.3 Å². The minimum Gasteiger partial charge on any atom is -0.497 e. The third kappa shape index (κ3) is 4.05. The summed E-state index contributed by atoms with van der Waals surface area (Å²) in [6, 6.07) is 5.32. The summed E-state index contributed by atoms with van der Waals surface area (Å²) in [7, 11) is 1.49. The standard InChI is InChI=1S/C23H21F2N3O6/c1-11-10-34-21-18(25)16(24)7-14-19(21)28(11)8-15(20(14)30)22(31)27-17(9-29)23(32)26-12-3-5-13(33-2)6-4-12/h3-8,11,17,29H,9-10H2,1-2H3,(H,26,32)(H,27,31)/t11?,17-/m0/s1. The number of nitrogens with zero attached hydrogens (tertiary/aromatic N) is 1. The number of anilines is 1. The van der Waals surface area contributed by atoms with Crippen LogP contribution in [0.15, 0.2) is 41.3 Å². The number of hydrogen-bond acceptors (Lipinski definition) is 6. The molecule has 2 amide bonds. The molecule has 4 rings (SSSR count). The molecular formula is C23H21F2N3O6. The lowest BCUT2D eigenvalue weighted by molar-refractivity contribution is -0.118. The van der Waals surface area contributed by atoms with E-state index in [1.54, 1.807) is 31.2 Å². The third-order valence-electron chi connectivity index (χ3n) is 5.52. The summed E-state index contributed by atoms with van der Waals surface area (Å²) in [5.41, 5.74) is -0.828. The molecule has 0 aliphatic carbocycles. The predicted octanol–water partition coefficient (Wildman–Crippen LogP) is 1.97. The van der Waals surface area contributed by atoms with E-state index in [1.807, 2.05) is 0 Å². The molecule has 34 heavy (non-hydrogen) atoms. The van der Waals surface area contributed by atoms with Gasteiger partial charge < -0.3 is 29.8 Å². The number of ether oxygens (including phenoxy) is 2. The van der Waals surface area contributed by atoms with Crippen LogP contribution in [0.5, 0.6) is 11.5 Å². The van der Waals surface area contributed by atoms with Crippen molar-refractivity contribution in [2.75, 3.05) is 25.6 Å². The zero-order valence-electron chi connectivity index (χ0n) is 18.2. The monoisotopic (exact) mass is 473 g/mol. The van der Waals surface area contributed by atoms with Gasteiger partial charge in [-0.25, -0.2) is 4.39 Å². The Morgan fingerprint density at radius 1 is 1.29 bits per heavy atom. The summed E-state index contributed by atoms with van der Waals surface area (Å²) in [6.07, 6.45) is 1.21. The molecule has 3 aromatic rings. The molecule has 0 spiro atoms. The average Bonchev–Trinajstić information content (AvgIpc) is 2.83. The Morgan fingerprint density at radius 3 is 2.65 bits per heavy atom. The normalized spacial score (nSPS) is 15.4. The molecule has 2 aromatic carbocycles. The number of benzene rings is 2. The summed E-state index contributed by atoms with van der Waals surface area (Å²) >= 11 is 0. The highest BCUT2D eigenvalue weighted by Gasteiger charge is 2.29. The van der Waals surface area contributed by atoms with E-state index in [2.05, 4.69) is 10.6 Å². The number of pyridine rings is 1. The lowest BCUT2D eigenvalue weighted by atomic mass is 10.1. The van der Waals surface area contributed by atoms with Crippen LogP contribution in [0.2, 0.25) is 0 Å². The van der Waals surface area contributed by atoms with Gasteiger partial charge in [0.1, 0.15) is 24.0 Å². The van der Waals surface area contributed by atoms with Crippen molar-refractivity contribution in [2.45, 2.75) is 19.0 Å². The number of methoxy groups -OCH3 is 1. The third-order valence-corrected chi connectivity index (χ3v) is 5.52. The predicted molar refractivity (Wildman–Crippen MR) is 118 cm³/mol. The van der Waals surface area contributed by atoms with Gasteiger partial charge in [0, 0.05) is 11.9 Å². The van der Waals surface area contributed by atoms with E-state index in [9.17, 15) is 28.3 Å². The number of amides is 2. The molecule has 0 saturated heterocycles. The number of hydrogen-bond donors (Lipinski definition) is 3. The molecule has 11 heteroatoms. The van der Waals surface area contributed by atoms with Crippen LogP contribution in [0.3, 0.4) is 0 Å². The quantitative estimate of drug-likeness (QED) is 0.504. The van der Waals surface area contributed by atoms with Gasteiger partial charge in [-0.3, -0.25) is 14.4 Å². The first kappa shape index (κ1) is 23.2. The SMILES string of the molecule is COc1ccc(NC(=O)[C@H](CO)NC(=O)c2cn3c4c(c(F)c(F)cc4c2=O)OCC3C)cc1. The fraction of sp³-hybridized carbons (Fsp3) is 0.261. The molecule has 1 aliphatic heterocycles. The molecule has 2 heterocycles. The van der Waals surface area contributed by atoms with Crippen molar-refractivity contribution in [3.63, 3.8) is 0 Å². The van der Waals surface area contributed by atoms with E-state index in [0.29, 0.717) is 17.5 Å². The molecule has 2 atom stereocenters. The molecule has 1 aliphatic rings. The second-order valence-electron chi connectivity index (χ2n) is 7.76. The summed E-state index contributed by atoms with van der Waals surface area (Å²) in [6.45, 7) is 0.967. The van der Waals surface area contributed by atoms with Gasteiger partial charge >= 0.3 is 0 Å². The highest BCUT2D eigenvalue weighted by Crippen LogP contribution is 2.35. The first-order chi connectivity index (χ1) is 16.2. The van der Waals surface area contributed by atoms with Crippen LogP contribution >= 0.6 is 0 Å². The van der Waals surface area contributed by atoms with Crippen molar-refractivity contribution in [1.82, 2.24) is 9.88 Å². The van der Waals surface area contributed by atoms with Crippen LogP contribution in [0.25, 0.3) is 10.9 Å². The van der Waals surface area contributed by atoms with Gasteiger partial charge in [-0.15, -0.1) is 0 Å². The molecule has 0 bridgehead atoms. The fourth-order valence-corrected chi connectivity index (χ4v) is 3.69. The van der Waals surface area contributed by atoms with Gasteiger partial charge in [0.05, 0.1) is 30.7 Å². The maximum absolute atomic E-state index is 14.2. The van der Waals surface area contributed by atoms with Gasteiger partial charge in [-0.1, -0.05) is 0 Å². The largest absolute Gasteiger partial charge is 0.497 e. The number of aromatic nitrogens is 1. The molecule has 3 N–H and O–H groups in total. The average molecular weight is 473 g/mol. The Bertz CT molecular complexity index is 1340. The summed E-state index contributed by atoms with van der Waals surface area (Å²) < 4.78 is 40.1. The Balaban J connectivity index is 1.64. The lowest BCUT2D eigenvalue weighted by Crippen LogP contribution is -2.47. The number of carbonyl (C=O) groups excluding carboxylic acids is 2. The van der Waals surface area contributed by atoms with Crippen LogP contribution in [0, 0.1) is 11.6 Å². The first-order valence-electron chi connectivity index (χ1n) is 10.3. The minimum absolute atomic E-state index is 0.00403. The summed E-state index contributed by atoms with van der Waals surface area (Å²) in [5, 5.41) is 14.3. The van der Waals surface area contributed by atoms with Crippen molar-refractivity contribution in [3.8, 4) is 11.5 Å². The second-order valence-corrected chi connectivity index (χ2v) is 7.76. The highest BCUT2D eigenvalue weighted by atomic mass is 19.2. The number of nitrogens with one attached hydrogen (secondary N) is 2. The van der Waals surface area contributed by atoms with E-state index in [0.717, 1.165) is 0 Å². The van der Waals surface area contributed by atoms with Gasteiger partial charge in [0.25, 0.3) is 5.91 Å². The maximum atomic E-state index is 14.2. The number of aliphatic hydroxyl groups excluding tert-OH is 1. The van der Waals surface area contributed by atoms with E-state index >= 15 is 0 Å². The topological polar surface area (TPSA) is 119 Å². The van der Waals surface area contributed by atoms with Crippen molar-refractivity contribution >= 4 is 28.4 Å². The van der Waals surface area contributed by atoms with Gasteiger partial charge in [0.2, 0.25) is 17.2 Å². The van der Waals surface area contributed by atoms with E-state index in [4.69, 9.17) is 9.47 Å². The van der Waals surface area contributed by atoms with Crippen molar-refractivity contribution in [1.29, 1.82) is 0 Å². The first-order valence-corrected chi connectivity index (χ1v) is 10.3. The summed E-state index contributed by atoms with van der Waals surface area (Å²) in [4.78, 5) is 38.5. The van der Waals surface area contributed by atoms with E-state index in [-0.39, 0.29) is 23.6 Å². The zero-order chi connectivity index (χ0) is 24.6. The summed E-state index contributed by atoms with van der Waals surface area (Å²) in [5.74, 6) is -4.01. The van der Waals surface area contributed by atoms with Crippen LogP contribution in [0.4, 0.5) is 14.5 Å². The number of aliphatic hydroxyl groups is 1. The van der Waals surface area contributed by atoms with E-state index < -0.39 is 52.8 Å². The Kier molecular flexibility index (Phi) is 6.20. The van der Waals surface area contributed by atoms with Gasteiger partial charge in [-0.2, -0.15) is 4.39 Å². The number of carbonyl (C=O) groups is 2. The molecule has 9 nitrogen and oxygen atoms in total. The number of rotatable bonds is 6. The molecule has 0 saturated carbocycles. The Morgan fingerprint density at radius 2 is 2.00 bits per heavy atom. The molecule has 1 unspecified atom stereocenters. The van der Waals surface area contributed by atoms with Crippen molar-refractivity contribution in [3.05, 3.63) is 63.9 Å². The van der Waals surface area contributed by atoms with Crippen LogP contribution in [-0.2, 0) is 4.79 Å². The van der Waals surface area contributed by atoms with E-state index in [1.165, 1.54) is 17.9 Å². The van der Waals surface area contributed by atoms with Crippen molar-refractivity contribution < 1.29 is 33.0 Å².